The first-order valence-corrected chi connectivity index (χ1v) is 3.86. The fourth-order valence-electron chi connectivity index (χ4n) is 1.47. The monoisotopic (exact) mass is 183 g/mol. The topological polar surface area (TPSA) is 12.5 Å². The Labute approximate surface area is 69.3 Å². The Morgan fingerprint density at radius 2 is 2.17 bits per heavy atom. The van der Waals surface area contributed by atoms with Gasteiger partial charge in [-0.1, -0.05) is 0 Å². The highest BCUT2D eigenvalue weighted by atomic mass is 19.4. The van der Waals surface area contributed by atoms with E-state index >= 15 is 0 Å². The molecule has 0 spiro atoms. The van der Waals surface area contributed by atoms with E-state index in [1.807, 2.05) is 0 Å². The molecule has 1 heterocycles. The largest absolute Gasteiger partial charge is 0.401 e. The van der Waals surface area contributed by atoms with Gasteiger partial charge >= 0.3 is 6.18 Å². The van der Waals surface area contributed by atoms with E-state index in [9.17, 15) is 13.2 Å². The Morgan fingerprint density at radius 1 is 1.50 bits per heavy atom. The predicted octanol–water partition coefficient (Wildman–Crippen LogP) is 1.62. The van der Waals surface area contributed by atoms with Crippen molar-refractivity contribution in [2.45, 2.75) is 25.2 Å². The summed E-state index contributed by atoms with van der Waals surface area (Å²) in [5, 5.41) is 0. The average molecular weight is 183 g/mol. The van der Waals surface area contributed by atoms with Crippen molar-refractivity contribution < 1.29 is 17.9 Å². The summed E-state index contributed by atoms with van der Waals surface area (Å²) in [5.74, 6) is 0. The molecular weight excluding hydrogens is 171 g/mol. The molecule has 0 aliphatic carbocycles. The lowest BCUT2D eigenvalue weighted by molar-refractivity contribution is -0.162. The van der Waals surface area contributed by atoms with Gasteiger partial charge in [0.15, 0.2) is 0 Å². The molecule has 0 aromatic heterocycles. The molecule has 0 amide bonds. The lowest BCUT2D eigenvalue weighted by Crippen LogP contribution is -2.38. The van der Waals surface area contributed by atoms with Crippen LogP contribution in [0.5, 0.6) is 0 Å². The van der Waals surface area contributed by atoms with Gasteiger partial charge in [0, 0.05) is 13.7 Å². The van der Waals surface area contributed by atoms with Crippen molar-refractivity contribution in [1.82, 2.24) is 4.90 Å². The zero-order chi connectivity index (χ0) is 9.19. The second kappa shape index (κ2) is 3.62. The zero-order valence-corrected chi connectivity index (χ0v) is 6.90. The zero-order valence-electron chi connectivity index (χ0n) is 6.90. The Bertz CT molecular complexity index is 148. The summed E-state index contributed by atoms with van der Waals surface area (Å²) in [5.41, 5.74) is 0. The molecule has 1 atom stereocenters. The molecule has 1 rings (SSSR count). The number of alkyl halides is 3. The fourth-order valence-corrected chi connectivity index (χ4v) is 1.47. The van der Waals surface area contributed by atoms with Gasteiger partial charge in [0.1, 0.15) is 6.23 Å². The van der Waals surface area contributed by atoms with E-state index in [0.717, 1.165) is 6.42 Å². The van der Waals surface area contributed by atoms with Gasteiger partial charge in [0.2, 0.25) is 0 Å². The number of ether oxygens (including phenoxy) is 1. The van der Waals surface area contributed by atoms with Crippen LogP contribution in [-0.4, -0.2) is 37.5 Å². The van der Waals surface area contributed by atoms with E-state index in [1.165, 1.54) is 12.0 Å². The van der Waals surface area contributed by atoms with Gasteiger partial charge in [-0.25, -0.2) is 0 Å². The molecule has 0 bridgehead atoms. The van der Waals surface area contributed by atoms with Crippen LogP contribution in [0.2, 0.25) is 0 Å². The van der Waals surface area contributed by atoms with Crippen molar-refractivity contribution in [3.63, 3.8) is 0 Å². The number of nitrogens with zero attached hydrogens (tertiary/aromatic N) is 1. The van der Waals surface area contributed by atoms with Crippen LogP contribution < -0.4 is 0 Å². The van der Waals surface area contributed by atoms with Gasteiger partial charge in [-0.2, -0.15) is 13.2 Å². The minimum absolute atomic E-state index is 0.341. The van der Waals surface area contributed by atoms with E-state index in [4.69, 9.17) is 4.74 Å². The Morgan fingerprint density at radius 3 is 2.67 bits per heavy atom. The summed E-state index contributed by atoms with van der Waals surface area (Å²) in [6.07, 6.45) is -2.96. The van der Waals surface area contributed by atoms with Gasteiger partial charge in [-0.3, -0.25) is 4.90 Å². The van der Waals surface area contributed by atoms with Gasteiger partial charge < -0.3 is 4.74 Å². The van der Waals surface area contributed by atoms with E-state index in [0.29, 0.717) is 13.0 Å². The molecular formula is C7H12F3NO. The minimum Gasteiger partial charge on any atom is -0.366 e. The van der Waals surface area contributed by atoms with Gasteiger partial charge in [-0.05, 0) is 12.8 Å². The fraction of sp³-hybridized carbons (Fsp3) is 1.00. The molecule has 1 saturated heterocycles. The molecule has 1 aliphatic heterocycles. The standard InChI is InChI=1S/C7H12F3NO/c1-12-6-3-2-4-11(6)5-7(8,9)10/h6H,2-5H2,1H3. The minimum atomic E-state index is -4.11. The molecule has 1 aliphatic rings. The highest BCUT2D eigenvalue weighted by molar-refractivity contribution is 4.74. The molecule has 2 nitrogen and oxygen atoms in total. The Kier molecular flexibility index (Phi) is 2.95. The van der Waals surface area contributed by atoms with Crippen molar-refractivity contribution in [3.05, 3.63) is 0 Å². The predicted molar refractivity (Wildman–Crippen MR) is 37.7 cm³/mol. The number of halogens is 3. The third kappa shape index (κ3) is 2.64. The molecule has 0 radical (unpaired) electrons. The van der Waals surface area contributed by atoms with Crippen LogP contribution in [0.25, 0.3) is 0 Å². The first-order valence-electron chi connectivity index (χ1n) is 3.86. The number of rotatable bonds is 2. The van der Waals surface area contributed by atoms with Gasteiger partial charge in [-0.15, -0.1) is 0 Å². The van der Waals surface area contributed by atoms with Crippen molar-refractivity contribution in [2.75, 3.05) is 20.2 Å². The smallest absolute Gasteiger partial charge is 0.366 e. The van der Waals surface area contributed by atoms with Crippen molar-refractivity contribution in [2.24, 2.45) is 0 Å². The van der Waals surface area contributed by atoms with Gasteiger partial charge in [0.05, 0.1) is 6.54 Å². The van der Waals surface area contributed by atoms with Crippen molar-refractivity contribution in [1.29, 1.82) is 0 Å². The van der Waals surface area contributed by atoms with Crippen LogP contribution in [0.4, 0.5) is 13.2 Å². The summed E-state index contributed by atoms with van der Waals surface area (Å²) in [6, 6.07) is 0. The molecule has 1 fully saturated rings. The van der Waals surface area contributed by atoms with E-state index in [1.54, 1.807) is 0 Å². The highest BCUT2D eigenvalue weighted by Gasteiger charge is 2.35. The molecule has 5 heteroatoms. The van der Waals surface area contributed by atoms with Crippen LogP contribution in [-0.2, 0) is 4.74 Å². The van der Waals surface area contributed by atoms with Crippen molar-refractivity contribution >= 4 is 0 Å². The third-order valence-corrected chi connectivity index (χ3v) is 1.96. The van der Waals surface area contributed by atoms with Crippen molar-refractivity contribution in [3.8, 4) is 0 Å². The van der Waals surface area contributed by atoms with Crippen LogP contribution in [0.15, 0.2) is 0 Å². The molecule has 72 valence electrons. The quantitative estimate of drug-likeness (QED) is 0.645. The first kappa shape index (κ1) is 9.80. The van der Waals surface area contributed by atoms with Crippen LogP contribution >= 0.6 is 0 Å². The van der Waals surface area contributed by atoms with E-state index in [2.05, 4.69) is 0 Å². The Hall–Kier alpha value is -0.290. The number of methoxy groups -OCH3 is 1. The second-order valence-electron chi connectivity index (χ2n) is 2.92. The van der Waals surface area contributed by atoms with Crippen LogP contribution in [0.1, 0.15) is 12.8 Å². The molecule has 12 heavy (non-hydrogen) atoms. The van der Waals surface area contributed by atoms with Gasteiger partial charge in [0.25, 0.3) is 0 Å². The molecule has 0 aromatic rings. The molecule has 0 saturated carbocycles. The highest BCUT2D eigenvalue weighted by Crippen LogP contribution is 2.23. The number of hydrogen-bond acceptors (Lipinski definition) is 2. The Balaban J connectivity index is 2.41. The van der Waals surface area contributed by atoms with Crippen LogP contribution in [0, 0.1) is 0 Å². The number of hydrogen-bond donors (Lipinski definition) is 0. The molecule has 1 unspecified atom stereocenters. The summed E-state index contributed by atoms with van der Waals surface area (Å²) in [6.45, 7) is -0.372. The number of likely N-dealkylation sites (tertiary alicyclic amines) is 1. The third-order valence-electron chi connectivity index (χ3n) is 1.96. The second-order valence-corrected chi connectivity index (χ2v) is 2.92. The summed E-state index contributed by atoms with van der Waals surface area (Å²) in [7, 11) is 1.44. The van der Waals surface area contributed by atoms with Crippen LogP contribution in [0.3, 0.4) is 0 Å². The maximum absolute atomic E-state index is 11.9. The maximum atomic E-state index is 11.9. The van der Waals surface area contributed by atoms with E-state index in [-0.39, 0.29) is 6.23 Å². The normalized spacial score (nSPS) is 26.5. The average Bonchev–Trinajstić information content (AvgIpc) is 2.31. The van der Waals surface area contributed by atoms with E-state index < -0.39 is 12.7 Å². The summed E-state index contributed by atoms with van der Waals surface area (Å²) >= 11 is 0. The summed E-state index contributed by atoms with van der Waals surface area (Å²) < 4.78 is 40.7. The molecule has 0 aromatic carbocycles. The summed E-state index contributed by atoms with van der Waals surface area (Å²) in [4.78, 5) is 1.32. The SMILES string of the molecule is COC1CCCN1CC(F)(F)F. The molecule has 0 N–H and O–H groups in total. The lowest BCUT2D eigenvalue weighted by atomic mass is 10.4. The lowest BCUT2D eigenvalue weighted by Gasteiger charge is -2.23. The first-order chi connectivity index (χ1) is 5.53. The maximum Gasteiger partial charge on any atom is 0.401 e.